The quantitative estimate of drug-likeness (QED) is 0.543. The van der Waals surface area contributed by atoms with Gasteiger partial charge in [0.2, 0.25) is 5.89 Å². The fourth-order valence-electron chi connectivity index (χ4n) is 5.32. The molecule has 2 aliphatic heterocycles. The average molecular weight is 478 g/mol. The van der Waals surface area contributed by atoms with E-state index in [2.05, 4.69) is 33.5 Å². The lowest BCUT2D eigenvalue weighted by Gasteiger charge is -2.37. The first-order valence-corrected chi connectivity index (χ1v) is 13.2. The number of rotatable bonds is 10. The smallest absolute Gasteiger partial charge is 0.275 e. The predicted molar refractivity (Wildman–Crippen MR) is 130 cm³/mol. The van der Waals surface area contributed by atoms with Crippen LogP contribution >= 0.6 is 0 Å². The molecule has 1 atom stereocenters. The summed E-state index contributed by atoms with van der Waals surface area (Å²) in [5.41, 5.74) is 0.424. The number of hydrogen-bond donors (Lipinski definition) is 1. The van der Waals surface area contributed by atoms with Crippen molar-refractivity contribution in [1.29, 1.82) is 0 Å². The van der Waals surface area contributed by atoms with Gasteiger partial charge in [0.05, 0.1) is 19.3 Å². The Morgan fingerprint density at radius 1 is 1.06 bits per heavy atom. The Kier molecular flexibility index (Phi) is 9.36. The number of nitrogens with zero attached hydrogens (tertiary/aromatic N) is 5. The Morgan fingerprint density at radius 2 is 1.74 bits per heavy atom. The van der Waals surface area contributed by atoms with Gasteiger partial charge in [-0.05, 0) is 18.8 Å². The standard InChI is InChI=1S/C25H43N5O4/c1-20(2)17-33-18-22(31)15-27-7-9-28(10-8-27)16-24-26-23(19-34-24)25(32)30-13-11-29(12-14-30)21-5-3-4-6-21/h19-22,31H,3-18H2,1-2H3/t22-/m0/s1. The van der Waals surface area contributed by atoms with Crippen LogP contribution in [0.15, 0.2) is 10.7 Å². The molecule has 192 valence electrons. The first kappa shape index (κ1) is 25.6. The van der Waals surface area contributed by atoms with Crippen molar-refractivity contribution in [3.8, 4) is 0 Å². The van der Waals surface area contributed by atoms with Crippen molar-refractivity contribution in [2.75, 3.05) is 72.1 Å². The SMILES string of the molecule is CC(C)COC[C@@H](O)CN1CCN(Cc2nc(C(=O)N3CCN(C4CCCC4)CC3)co2)CC1. The number of hydrogen-bond acceptors (Lipinski definition) is 8. The summed E-state index contributed by atoms with van der Waals surface area (Å²) in [4.78, 5) is 26.5. The van der Waals surface area contributed by atoms with Crippen LogP contribution in [0.2, 0.25) is 0 Å². The Bertz CT molecular complexity index is 750. The van der Waals surface area contributed by atoms with Crippen molar-refractivity contribution in [3.05, 3.63) is 17.8 Å². The number of aliphatic hydroxyl groups is 1. The van der Waals surface area contributed by atoms with Crippen LogP contribution in [-0.4, -0.2) is 120 Å². The van der Waals surface area contributed by atoms with Gasteiger partial charge in [0.15, 0.2) is 5.69 Å². The van der Waals surface area contributed by atoms with E-state index in [9.17, 15) is 9.90 Å². The minimum Gasteiger partial charge on any atom is -0.447 e. The highest BCUT2D eigenvalue weighted by molar-refractivity contribution is 5.92. The number of oxazole rings is 1. The molecule has 1 saturated carbocycles. The third-order valence-corrected chi connectivity index (χ3v) is 7.27. The summed E-state index contributed by atoms with van der Waals surface area (Å²) < 4.78 is 11.2. The van der Waals surface area contributed by atoms with Crippen molar-refractivity contribution in [2.45, 2.75) is 58.2 Å². The molecule has 1 aromatic rings. The predicted octanol–water partition coefficient (Wildman–Crippen LogP) is 1.53. The highest BCUT2D eigenvalue weighted by Gasteiger charge is 2.29. The fraction of sp³-hybridized carbons (Fsp3) is 0.840. The molecule has 3 aliphatic rings. The molecule has 0 bridgehead atoms. The molecule has 3 fully saturated rings. The van der Waals surface area contributed by atoms with Gasteiger partial charge in [-0.1, -0.05) is 26.7 Å². The zero-order valence-corrected chi connectivity index (χ0v) is 21.0. The highest BCUT2D eigenvalue weighted by Crippen LogP contribution is 2.24. The molecule has 1 N–H and O–H groups in total. The van der Waals surface area contributed by atoms with Gasteiger partial charge in [-0.15, -0.1) is 0 Å². The maximum atomic E-state index is 12.9. The van der Waals surface area contributed by atoms with Crippen molar-refractivity contribution >= 4 is 5.91 Å². The van der Waals surface area contributed by atoms with Gasteiger partial charge in [0.1, 0.15) is 6.26 Å². The lowest BCUT2D eigenvalue weighted by Crippen LogP contribution is -2.51. The molecule has 1 aromatic heterocycles. The van der Waals surface area contributed by atoms with Gasteiger partial charge in [0.25, 0.3) is 5.91 Å². The number of carbonyl (C=O) groups is 1. The normalized spacial score (nSPS) is 22.6. The molecule has 9 nitrogen and oxygen atoms in total. The molecular weight excluding hydrogens is 434 g/mol. The van der Waals surface area contributed by atoms with E-state index in [0.717, 1.165) is 58.4 Å². The van der Waals surface area contributed by atoms with Gasteiger partial charge in [-0.3, -0.25) is 19.5 Å². The summed E-state index contributed by atoms with van der Waals surface area (Å²) in [6, 6.07) is 0.720. The molecule has 4 rings (SSSR count). The maximum absolute atomic E-state index is 12.9. The Labute approximate surface area is 204 Å². The number of amides is 1. The van der Waals surface area contributed by atoms with Gasteiger partial charge in [-0.25, -0.2) is 4.98 Å². The number of carbonyl (C=O) groups excluding carboxylic acids is 1. The molecule has 0 radical (unpaired) electrons. The van der Waals surface area contributed by atoms with E-state index in [-0.39, 0.29) is 5.91 Å². The largest absolute Gasteiger partial charge is 0.447 e. The van der Waals surface area contributed by atoms with Crippen LogP contribution in [0.1, 0.15) is 55.9 Å². The topological polar surface area (TPSA) is 85.5 Å². The third kappa shape index (κ3) is 7.24. The van der Waals surface area contributed by atoms with Crippen molar-refractivity contribution in [2.24, 2.45) is 5.92 Å². The maximum Gasteiger partial charge on any atom is 0.275 e. The third-order valence-electron chi connectivity index (χ3n) is 7.27. The van der Waals surface area contributed by atoms with E-state index < -0.39 is 6.10 Å². The van der Waals surface area contributed by atoms with Crippen LogP contribution in [-0.2, 0) is 11.3 Å². The van der Waals surface area contributed by atoms with Crippen LogP contribution < -0.4 is 0 Å². The summed E-state index contributed by atoms with van der Waals surface area (Å²) in [5.74, 6) is 1.07. The first-order valence-electron chi connectivity index (χ1n) is 13.2. The van der Waals surface area contributed by atoms with Gasteiger partial charge in [0, 0.05) is 71.6 Å². The molecular formula is C25H43N5O4. The summed E-state index contributed by atoms with van der Waals surface area (Å²) in [7, 11) is 0. The zero-order valence-electron chi connectivity index (χ0n) is 21.0. The Hall–Kier alpha value is -1.52. The van der Waals surface area contributed by atoms with Crippen LogP contribution in [0.5, 0.6) is 0 Å². The molecule has 34 heavy (non-hydrogen) atoms. The lowest BCUT2D eigenvalue weighted by atomic mass is 10.2. The van der Waals surface area contributed by atoms with Gasteiger partial charge in [-0.2, -0.15) is 0 Å². The summed E-state index contributed by atoms with van der Waals surface area (Å²) >= 11 is 0. The minimum absolute atomic E-state index is 0.0143. The second-order valence-corrected chi connectivity index (χ2v) is 10.6. The van der Waals surface area contributed by atoms with E-state index in [0.29, 0.717) is 43.8 Å². The molecule has 2 saturated heterocycles. The molecule has 0 unspecified atom stereocenters. The second-order valence-electron chi connectivity index (χ2n) is 10.6. The average Bonchev–Trinajstić information content (AvgIpc) is 3.52. The molecule has 1 amide bonds. The van der Waals surface area contributed by atoms with E-state index >= 15 is 0 Å². The van der Waals surface area contributed by atoms with Gasteiger partial charge < -0.3 is 19.2 Å². The fourth-order valence-corrected chi connectivity index (χ4v) is 5.32. The summed E-state index contributed by atoms with van der Waals surface area (Å²) in [6.45, 7) is 13.5. The van der Waals surface area contributed by atoms with Crippen molar-refractivity contribution < 1.29 is 19.1 Å². The van der Waals surface area contributed by atoms with Crippen molar-refractivity contribution in [3.63, 3.8) is 0 Å². The van der Waals surface area contributed by atoms with Crippen LogP contribution in [0.3, 0.4) is 0 Å². The summed E-state index contributed by atoms with van der Waals surface area (Å²) in [6.07, 6.45) is 6.37. The number of β-amino-alcohol motifs (C(OH)–C–C–N with tert-alkyl or cyclic N) is 1. The first-order chi connectivity index (χ1) is 16.5. The second kappa shape index (κ2) is 12.4. The number of ether oxygens (including phenoxy) is 1. The highest BCUT2D eigenvalue weighted by atomic mass is 16.5. The van der Waals surface area contributed by atoms with E-state index in [4.69, 9.17) is 9.15 Å². The number of aromatic nitrogens is 1. The van der Waals surface area contributed by atoms with Crippen LogP contribution in [0.4, 0.5) is 0 Å². The Balaban J connectivity index is 1.16. The summed E-state index contributed by atoms with van der Waals surface area (Å²) in [5, 5.41) is 10.2. The van der Waals surface area contributed by atoms with E-state index in [1.165, 1.54) is 31.9 Å². The molecule has 3 heterocycles. The molecule has 0 spiro atoms. The zero-order chi connectivity index (χ0) is 23.9. The molecule has 1 aliphatic carbocycles. The van der Waals surface area contributed by atoms with E-state index in [1.54, 1.807) is 0 Å². The minimum atomic E-state index is -0.453. The van der Waals surface area contributed by atoms with Crippen LogP contribution in [0, 0.1) is 5.92 Å². The van der Waals surface area contributed by atoms with Crippen molar-refractivity contribution in [1.82, 2.24) is 24.6 Å². The van der Waals surface area contributed by atoms with Gasteiger partial charge >= 0.3 is 0 Å². The monoisotopic (exact) mass is 477 g/mol. The molecule has 9 heteroatoms. The number of piperazine rings is 2. The lowest BCUT2D eigenvalue weighted by molar-refractivity contribution is -0.000850. The van der Waals surface area contributed by atoms with Crippen LogP contribution in [0.25, 0.3) is 0 Å². The molecule has 0 aromatic carbocycles. The number of aliphatic hydroxyl groups excluding tert-OH is 1. The Morgan fingerprint density at radius 3 is 2.41 bits per heavy atom. The van der Waals surface area contributed by atoms with E-state index in [1.807, 2.05) is 4.90 Å².